The molecular weight excluding hydrogens is 399 g/mol. The van der Waals surface area contributed by atoms with Crippen molar-refractivity contribution < 1.29 is 61.1 Å². The summed E-state index contributed by atoms with van der Waals surface area (Å²) in [6.07, 6.45) is -1.17. The molecular formula is C2H8HgO7P2. The monoisotopic (exact) mass is 408 g/mol. The number of hydrogen-bond donors (Lipinski definition) is 2. The predicted octanol–water partition coefficient (Wildman–Crippen LogP) is -2.18. The fourth-order valence-electron chi connectivity index (χ4n) is 0.0680. The SMILES string of the molecule is CC(O)O.O=[PH]([O-])O[PH](=O)[O-].[Hg+2]. The molecule has 0 aromatic heterocycles. The van der Waals surface area contributed by atoms with E-state index in [2.05, 4.69) is 4.31 Å². The van der Waals surface area contributed by atoms with Crippen LogP contribution in [-0.2, 0) is 41.1 Å². The van der Waals surface area contributed by atoms with Gasteiger partial charge in [0, 0.05) is 0 Å². The Bertz CT molecular complexity index is 123. The van der Waals surface area contributed by atoms with Crippen LogP contribution in [0.3, 0.4) is 0 Å². The molecule has 12 heavy (non-hydrogen) atoms. The molecule has 0 heterocycles. The third kappa shape index (κ3) is 43.1. The van der Waals surface area contributed by atoms with Crippen molar-refractivity contribution in [1.82, 2.24) is 0 Å². The predicted molar refractivity (Wildman–Crippen MR) is 33.0 cm³/mol. The molecule has 0 spiro atoms. The Morgan fingerprint density at radius 1 is 1.25 bits per heavy atom. The molecule has 0 fully saturated rings. The first kappa shape index (κ1) is 18.9. The Kier molecular flexibility index (Phi) is 19.2. The van der Waals surface area contributed by atoms with E-state index in [4.69, 9.17) is 10.2 Å². The van der Waals surface area contributed by atoms with Gasteiger partial charge < -0.3 is 29.1 Å². The molecule has 7 nitrogen and oxygen atoms in total. The van der Waals surface area contributed by atoms with Crippen LogP contribution in [0.1, 0.15) is 6.92 Å². The van der Waals surface area contributed by atoms with E-state index in [-0.39, 0.29) is 27.7 Å². The standard InChI is InChI=1S/C2H6O2.Hg.H4O5P2/c1-2(3)4;;1-6(2)5-7(3)4/h2-4H,1H3;;6-7H,(H,1,2)(H,3,4)/q;+2;/p-2. The van der Waals surface area contributed by atoms with Crippen LogP contribution < -0.4 is 9.79 Å². The van der Waals surface area contributed by atoms with E-state index in [1.165, 1.54) is 6.92 Å². The average molecular weight is 407 g/mol. The van der Waals surface area contributed by atoms with Gasteiger partial charge in [-0.15, -0.1) is 0 Å². The topological polar surface area (TPSA) is 130 Å². The first-order chi connectivity index (χ1) is 4.86. The summed E-state index contributed by atoms with van der Waals surface area (Å²) in [5, 5.41) is 15.2. The van der Waals surface area contributed by atoms with Crippen molar-refractivity contribution in [2.45, 2.75) is 13.2 Å². The van der Waals surface area contributed by atoms with Gasteiger partial charge in [0.15, 0.2) is 0 Å². The normalized spacial score (nSPS) is 13.8. The summed E-state index contributed by atoms with van der Waals surface area (Å²) in [6.45, 7) is 1.28. The van der Waals surface area contributed by atoms with Crippen molar-refractivity contribution in [3.8, 4) is 0 Å². The summed E-state index contributed by atoms with van der Waals surface area (Å²) < 4.78 is 21.8. The first-order valence-corrected chi connectivity index (χ1v) is 4.77. The molecule has 0 aliphatic carbocycles. The van der Waals surface area contributed by atoms with Crippen LogP contribution in [0.5, 0.6) is 0 Å². The summed E-state index contributed by atoms with van der Waals surface area (Å²) in [5.74, 6) is 0. The largest absolute Gasteiger partial charge is 2.00 e. The van der Waals surface area contributed by atoms with Crippen LogP contribution in [0.4, 0.5) is 0 Å². The third-order valence-corrected chi connectivity index (χ3v) is 1.50. The quantitative estimate of drug-likeness (QED) is 0.303. The Morgan fingerprint density at radius 3 is 1.42 bits per heavy atom. The van der Waals surface area contributed by atoms with Crippen LogP contribution in [0, 0.1) is 0 Å². The van der Waals surface area contributed by atoms with Crippen molar-refractivity contribution in [3.63, 3.8) is 0 Å². The molecule has 10 heteroatoms. The van der Waals surface area contributed by atoms with Gasteiger partial charge in [-0.1, -0.05) is 0 Å². The Morgan fingerprint density at radius 2 is 1.42 bits per heavy atom. The van der Waals surface area contributed by atoms with E-state index in [1.807, 2.05) is 0 Å². The summed E-state index contributed by atoms with van der Waals surface area (Å²) in [6, 6.07) is 0. The molecule has 0 aliphatic heterocycles. The van der Waals surface area contributed by atoms with E-state index in [0.29, 0.717) is 0 Å². The van der Waals surface area contributed by atoms with Gasteiger partial charge in [-0.3, -0.25) is 4.31 Å². The molecule has 0 saturated heterocycles. The first-order valence-electron chi connectivity index (χ1n) is 2.32. The van der Waals surface area contributed by atoms with E-state index in [1.54, 1.807) is 0 Å². The molecule has 0 aromatic rings. The van der Waals surface area contributed by atoms with E-state index >= 15 is 0 Å². The van der Waals surface area contributed by atoms with Gasteiger partial charge in [-0.25, -0.2) is 0 Å². The number of rotatable bonds is 2. The molecule has 0 saturated carbocycles. The van der Waals surface area contributed by atoms with Crippen molar-refractivity contribution >= 4 is 16.5 Å². The van der Waals surface area contributed by atoms with E-state index < -0.39 is 22.8 Å². The Labute approximate surface area is 90.8 Å². The molecule has 0 radical (unpaired) electrons. The van der Waals surface area contributed by atoms with Crippen LogP contribution in [-0.4, -0.2) is 16.5 Å². The van der Waals surface area contributed by atoms with Gasteiger partial charge in [0.25, 0.3) is 0 Å². The minimum absolute atomic E-state index is 0. The maximum atomic E-state index is 9.29. The second kappa shape index (κ2) is 12.2. The molecule has 0 rings (SSSR count). The van der Waals surface area contributed by atoms with Crippen LogP contribution in [0.25, 0.3) is 0 Å². The molecule has 2 N–H and O–H groups in total. The Hall–Kier alpha value is 1.20. The molecule has 70 valence electrons. The van der Waals surface area contributed by atoms with Gasteiger partial charge in [0.1, 0.15) is 22.8 Å². The molecule has 0 bridgehead atoms. The van der Waals surface area contributed by atoms with E-state index in [9.17, 15) is 18.9 Å². The van der Waals surface area contributed by atoms with Gasteiger partial charge >= 0.3 is 27.7 Å². The van der Waals surface area contributed by atoms with Crippen LogP contribution >= 0.6 is 16.5 Å². The number of aliphatic hydroxyl groups excluding tert-OH is 1. The molecule has 0 aromatic carbocycles. The summed E-state index contributed by atoms with van der Waals surface area (Å²) in [5.41, 5.74) is 0. The van der Waals surface area contributed by atoms with Gasteiger partial charge in [0.05, 0.1) is 0 Å². The minimum atomic E-state index is -3.51. The fraction of sp³-hybridized carbons (Fsp3) is 1.00. The minimum Gasteiger partial charge on any atom is -0.781 e. The van der Waals surface area contributed by atoms with E-state index in [0.717, 1.165) is 0 Å². The number of aliphatic hydroxyl groups is 2. The zero-order valence-electron chi connectivity index (χ0n) is 6.22. The van der Waals surface area contributed by atoms with Crippen molar-refractivity contribution in [1.29, 1.82) is 0 Å². The molecule has 0 aliphatic rings. The summed E-state index contributed by atoms with van der Waals surface area (Å²) in [4.78, 5) is 18.6. The summed E-state index contributed by atoms with van der Waals surface area (Å²) >= 11 is 0. The average Bonchev–Trinajstić information content (AvgIpc) is 1.56. The van der Waals surface area contributed by atoms with Gasteiger partial charge in [0.2, 0.25) is 0 Å². The maximum absolute atomic E-state index is 9.29. The van der Waals surface area contributed by atoms with Crippen LogP contribution in [0.2, 0.25) is 0 Å². The summed E-state index contributed by atoms with van der Waals surface area (Å²) in [7, 11) is -7.03. The van der Waals surface area contributed by atoms with Gasteiger partial charge in [-0.05, 0) is 6.92 Å². The fourth-order valence-corrected chi connectivity index (χ4v) is 0.612. The van der Waals surface area contributed by atoms with Gasteiger partial charge in [-0.2, -0.15) is 0 Å². The van der Waals surface area contributed by atoms with Crippen molar-refractivity contribution in [2.75, 3.05) is 0 Å². The molecule has 0 amide bonds. The maximum Gasteiger partial charge on any atom is 2.00 e. The van der Waals surface area contributed by atoms with Crippen molar-refractivity contribution in [3.05, 3.63) is 0 Å². The third-order valence-electron chi connectivity index (χ3n) is 0.167. The zero-order chi connectivity index (χ0) is 9.44. The number of hydrogen-bond acceptors (Lipinski definition) is 7. The molecule has 2 atom stereocenters. The molecule has 2 unspecified atom stereocenters. The van der Waals surface area contributed by atoms with Crippen LogP contribution in [0.15, 0.2) is 0 Å². The smallest absolute Gasteiger partial charge is 0.781 e. The second-order valence-electron chi connectivity index (χ2n) is 1.23. The van der Waals surface area contributed by atoms with Crippen molar-refractivity contribution in [2.24, 2.45) is 0 Å². The zero-order valence-corrected chi connectivity index (χ0v) is 13.7. The Balaban J connectivity index is -0.000000142. The second-order valence-corrected chi connectivity index (χ2v) is 3.05.